The molecule has 0 saturated heterocycles. The van der Waals surface area contributed by atoms with Gasteiger partial charge in [0.25, 0.3) is 0 Å². The molecule has 1 aliphatic heterocycles. The summed E-state index contributed by atoms with van der Waals surface area (Å²) in [5, 5.41) is 0. The molecule has 0 N–H and O–H groups in total. The number of hydrogen-bond acceptors (Lipinski definition) is 4. The van der Waals surface area contributed by atoms with Crippen LogP contribution in [0.5, 0.6) is 0 Å². The second-order valence-corrected chi connectivity index (χ2v) is 10.7. The molecular formula is C29H37F4N3O. The molecule has 8 heteroatoms. The molecule has 2 aliphatic rings. The lowest BCUT2D eigenvalue weighted by Crippen LogP contribution is -2.36. The minimum absolute atomic E-state index is 0.0978. The van der Waals surface area contributed by atoms with Crippen molar-refractivity contribution in [1.29, 1.82) is 0 Å². The van der Waals surface area contributed by atoms with Gasteiger partial charge in [-0.05, 0) is 81.0 Å². The number of aromatic nitrogens is 2. The van der Waals surface area contributed by atoms with Crippen LogP contribution >= 0.6 is 0 Å². The van der Waals surface area contributed by atoms with Crippen LogP contribution in [0.4, 0.5) is 17.6 Å². The first-order valence-corrected chi connectivity index (χ1v) is 13.6. The van der Waals surface area contributed by atoms with Crippen LogP contribution in [0.15, 0.2) is 30.5 Å². The van der Waals surface area contributed by atoms with Crippen molar-refractivity contribution in [2.24, 2.45) is 5.92 Å². The molecule has 0 aromatic carbocycles. The Hall–Kier alpha value is -2.35. The van der Waals surface area contributed by atoms with E-state index in [1.54, 1.807) is 18.3 Å². The van der Waals surface area contributed by atoms with E-state index in [1.165, 1.54) is 0 Å². The van der Waals surface area contributed by atoms with Crippen molar-refractivity contribution < 1.29 is 22.4 Å². The molecule has 2 aromatic rings. The van der Waals surface area contributed by atoms with E-state index in [0.29, 0.717) is 49.9 Å². The Morgan fingerprint density at radius 2 is 1.89 bits per heavy atom. The van der Waals surface area contributed by atoms with E-state index in [4.69, 9.17) is 0 Å². The number of nitrogens with zero attached hydrogens (tertiary/aromatic N) is 3. The number of hydrogen-bond donors (Lipinski definition) is 0. The Bertz CT molecular complexity index is 1060. The van der Waals surface area contributed by atoms with Crippen molar-refractivity contribution in [3.05, 3.63) is 58.7 Å². The zero-order chi connectivity index (χ0) is 26.5. The van der Waals surface area contributed by atoms with Crippen molar-refractivity contribution in [2.45, 2.75) is 89.4 Å². The van der Waals surface area contributed by atoms with Gasteiger partial charge in [0.05, 0.1) is 5.69 Å². The fourth-order valence-electron chi connectivity index (χ4n) is 5.66. The number of ketones is 1. The number of aryl methyl sites for hydroxylation is 2. The number of alkyl halides is 4. The molecule has 4 rings (SSSR count). The maximum absolute atomic E-state index is 15.7. The van der Waals surface area contributed by atoms with E-state index in [0.717, 1.165) is 55.7 Å². The Morgan fingerprint density at radius 3 is 2.62 bits per heavy atom. The van der Waals surface area contributed by atoms with Gasteiger partial charge < -0.3 is 4.90 Å². The molecule has 2 aromatic heterocycles. The highest BCUT2D eigenvalue weighted by atomic mass is 19.4. The van der Waals surface area contributed by atoms with Crippen molar-refractivity contribution in [3.63, 3.8) is 0 Å². The number of pyridine rings is 2. The monoisotopic (exact) mass is 519 g/mol. The SMILES string of the molecule is CCc1ncccc1C(=O)CC1CCC(F)(CCN2CCc3ccc(CCC(F)(F)F)nc3CC2)CC1. The van der Waals surface area contributed by atoms with Crippen LogP contribution < -0.4 is 0 Å². The molecule has 0 unspecified atom stereocenters. The van der Waals surface area contributed by atoms with E-state index in [9.17, 15) is 18.0 Å². The number of fused-ring (bicyclic) bond motifs is 1. The molecule has 4 nitrogen and oxygen atoms in total. The highest BCUT2D eigenvalue weighted by Crippen LogP contribution is 2.39. The summed E-state index contributed by atoms with van der Waals surface area (Å²) in [4.78, 5) is 23.9. The quantitative estimate of drug-likeness (QED) is 0.280. The van der Waals surface area contributed by atoms with Crippen LogP contribution in [-0.2, 0) is 25.7 Å². The van der Waals surface area contributed by atoms with Gasteiger partial charge in [-0.3, -0.25) is 14.8 Å². The predicted molar refractivity (Wildman–Crippen MR) is 135 cm³/mol. The Labute approximate surface area is 216 Å². The highest BCUT2D eigenvalue weighted by Gasteiger charge is 2.36. The molecule has 1 saturated carbocycles. The Morgan fingerprint density at radius 1 is 1.14 bits per heavy atom. The molecule has 3 heterocycles. The third-order valence-electron chi connectivity index (χ3n) is 8.03. The average Bonchev–Trinajstić information content (AvgIpc) is 3.09. The smallest absolute Gasteiger partial charge is 0.302 e. The summed E-state index contributed by atoms with van der Waals surface area (Å²) in [6.45, 7) is 4.19. The van der Waals surface area contributed by atoms with E-state index < -0.39 is 18.3 Å². The van der Waals surface area contributed by atoms with Gasteiger partial charge in [-0.2, -0.15) is 13.2 Å². The minimum atomic E-state index is -4.18. The molecule has 0 spiro atoms. The van der Waals surface area contributed by atoms with E-state index in [1.807, 2.05) is 19.1 Å². The number of halogens is 4. The van der Waals surface area contributed by atoms with Crippen LogP contribution in [-0.4, -0.2) is 52.1 Å². The van der Waals surface area contributed by atoms with Crippen molar-refractivity contribution in [1.82, 2.24) is 14.9 Å². The van der Waals surface area contributed by atoms with Crippen LogP contribution in [0.2, 0.25) is 0 Å². The Kier molecular flexibility index (Phi) is 8.98. The Balaban J connectivity index is 1.23. The summed E-state index contributed by atoms with van der Waals surface area (Å²) in [5.74, 6) is 0.326. The lowest BCUT2D eigenvalue weighted by atomic mass is 9.76. The number of rotatable bonds is 9. The van der Waals surface area contributed by atoms with Gasteiger partial charge in [-0.1, -0.05) is 13.0 Å². The fraction of sp³-hybridized carbons (Fsp3) is 0.621. The molecule has 0 radical (unpaired) electrons. The summed E-state index contributed by atoms with van der Waals surface area (Å²) >= 11 is 0. The fourth-order valence-corrected chi connectivity index (χ4v) is 5.66. The molecule has 0 amide bonds. The van der Waals surface area contributed by atoms with Crippen molar-refractivity contribution >= 4 is 5.78 Å². The van der Waals surface area contributed by atoms with Crippen LogP contribution in [0, 0.1) is 5.92 Å². The summed E-state index contributed by atoms with van der Waals surface area (Å²) in [7, 11) is 0. The lowest BCUT2D eigenvalue weighted by Gasteiger charge is -2.35. The van der Waals surface area contributed by atoms with Gasteiger partial charge >= 0.3 is 6.18 Å². The summed E-state index contributed by atoms with van der Waals surface area (Å²) in [5.41, 5.74) is 2.77. The first kappa shape index (κ1) is 27.7. The maximum Gasteiger partial charge on any atom is 0.389 e. The number of carbonyl (C=O) groups excluding carboxylic acids is 1. The third-order valence-corrected chi connectivity index (χ3v) is 8.03. The molecule has 37 heavy (non-hydrogen) atoms. The predicted octanol–water partition coefficient (Wildman–Crippen LogP) is 6.50. The number of carbonyl (C=O) groups is 1. The molecular weight excluding hydrogens is 482 g/mol. The second-order valence-electron chi connectivity index (χ2n) is 10.7. The second kappa shape index (κ2) is 12.0. The van der Waals surface area contributed by atoms with Gasteiger partial charge in [0.1, 0.15) is 5.67 Å². The van der Waals surface area contributed by atoms with E-state index >= 15 is 4.39 Å². The molecule has 202 valence electrons. The molecule has 1 aliphatic carbocycles. The van der Waals surface area contributed by atoms with Crippen LogP contribution in [0.1, 0.15) is 84.9 Å². The van der Waals surface area contributed by atoms with Gasteiger partial charge in [0.2, 0.25) is 0 Å². The average molecular weight is 520 g/mol. The van der Waals surface area contributed by atoms with Gasteiger partial charge in [-0.25, -0.2) is 4.39 Å². The van der Waals surface area contributed by atoms with Crippen molar-refractivity contribution in [3.8, 4) is 0 Å². The summed E-state index contributed by atoms with van der Waals surface area (Å²) < 4.78 is 53.3. The molecule has 0 atom stereocenters. The number of Topliss-reactive ketones (excluding diaryl/α,β-unsaturated/α-hetero) is 1. The first-order valence-electron chi connectivity index (χ1n) is 13.6. The largest absolute Gasteiger partial charge is 0.389 e. The zero-order valence-corrected chi connectivity index (χ0v) is 21.6. The zero-order valence-electron chi connectivity index (χ0n) is 21.6. The molecule has 1 fully saturated rings. The van der Waals surface area contributed by atoms with Gasteiger partial charge in [0, 0.05) is 62.0 Å². The summed E-state index contributed by atoms with van der Waals surface area (Å²) in [6, 6.07) is 7.25. The van der Waals surface area contributed by atoms with E-state index in [-0.39, 0.29) is 18.1 Å². The minimum Gasteiger partial charge on any atom is -0.302 e. The third kappa shape index (κ3) is 7.82. The first-order chi connectivity index (χ1) is 17.6. The molecule has 0 bridgehead atoms. The van der Waals surface area contributed by atoms with Crippen LogP contribution in [0.25, 0.3) is 0 Å². The normalized spacial score (nSPS) is 22.9. The maximum atomic E-state index is 15.7. The van der Waals surface area contributed by atoms with Gasteiger partial charge in [-0.15, -0.1) is 0 Å². The highest BCUT2D eigenvalue weighted by molar-refractivity contribution is 5.97. The standard InChI is InChI=1S/C29H37F4N3O/c1-2-25-24(4-3-16-34-25)27(37)20-21-7-12-28(30,13-8-21)15-19-36-17-10-22-5-6-23(9-14-29(31,32)33)35-26(22)11-18-36/h3-6,16,21H,2,7-15,17-20H2,1H3. The topological polar surface area (TPSA) is 46.1 Å². The van der Waals surface area contributed by atoms with Crippen LogP contribution in [0.3, 0.4) is 0 Å². The lowest BCUT2D eigenvalue weighted by molar-refractivity contribution is -0.134. The van der Waals surface area contributed by atoms with Gasteiger partial charge in [0.15, 0.2) is 5.78 Å². The van der Waals surface area contributed by atoms with E-state index in [2.05, 4.69) is 14.9 Å². The summed E-state index contributed by atoms with van der Waals surface area (Å²) in [6.07, 6.45) is 2.08. The van der Waals surface area contributed by atoms with Crippen molar-refractivity contribution in [2.75, 3.05) is 19.6 Å².